The van der Waals surface area contributed by atoms with Gasteiger partial charge in [-0.3, -0.25) is 9.59 Å². The van der Waals surface area contributed by atoms with E-state index in [1.807, 2.05) is 0 Å². The highest BCUT2D eigenvalue weighted by atomic mass is 16.4. The van der Waals surface area contributed by atoms with Crippen LogP contribution in [0.1, 0.15) is 73.1 Å². The van der Waals surface area contributed by atoms with Crippen LogP contribution in [0, 0.1) is 40.9 Å². The average molecular weight is 349 g/mol. The fourth-order valence-electron chi connectivity index (χ4n) is 5.62. The Hall–Kier alpha value is -1.12. The van der Waals surface area contributed by atoms with Crippen molar-refractivity contribution in [3.05, 3.63) is 12.2 Å². The Morgan fingerprint density at radius 1 is 1.28 bits per heavy atom. The molecule has 6 atom stereocenters. The summed E-state index contributed by atoms with van der Waals surface area (Å²) in [5.74, 6) is 1.08. The first kappa shape index (κ1) is 20.2. The number of carboxylic acids is 1. The van der Waals surface area contributed by atoms with Crippen molar-refractivity contribution in [1.82, 2.24) is 0 Å². The molecule has 2 rings (SSSR count). The predicted molar refractivity (Wildman–Crippen MR) is 101 cm³/mol. The van der Waals surface area contributed by atoms with Gasteiger partial charge in [-0.1, -0.05) is 59.6 Å². The Bertz CT molecular complexity index is 521. The third-order valence-electron chi connectivity index (χ3n) is 6.88. The number of hydrogen-bond donors (Lipinski definition) is 1. The van der Waals surface area contributed by atoms with E-state index in [4.69, 9.17) is 0 Å². The molecule has 0 bridgehead atoms. The van der Waals surface area contributed by atoms with E-state index in [1.54, 1.807) is 0 Å². The van der Waals surface area contributed by atoms with Crippen LogP contribution in [-0.4, -0.2) is 16.9 Å². The molecule has 3 nitrogen and oxygen atoms in total. The smallest absolute Gasteiger partial charge is 0.303 e. The number of allylic oxidation sites excluding steroid dienone is 2. The van der Waals surface area contributed by atoms with Gasteiger partial charge in [0.2, 0.25) is 0 Å². The van der Waals surface area contributed by atoms with E-state index >= 15 is 0 Å². The monoisotopic (exact) mass is 348 g/mol. The molecule has 0 saturated heterocycles. The topological polar surface area (TPSA) is 54.4 Å². The Kier molecular flexibility index (Phi) is 6.51. The lowest BCUT2D eigenvalue weighted by Gasteiger charge is -2.52. The first-order valence-corrected chi connectivity index (χ1v) is 10.1. The maximum atomic E-state index is 13.1. The van der Waals surface area contributed by atoms with Gasteiger partial charge in [-0.25, -0.2) is 0 Å². The highest BCUT2D eigenvalue weighted by Gasteiger charge is 2.52. The fourth-order valence-corrected chi connectivity index (χ4v) is 5.62. The van der Waals surface area contributed by atoms with Crippen LogP contribution in [0.15, 0.2) is 12.2 Å². The number of hydrogen-bond acceptors (Lipinski definition) is 2. The van der Waals surface area contributed by atoms with Crippen LogP contribution < -0.4 is 0 Å². The van der Waals surface area contributed by atoms with Crippen LogP contribution >= 0.6 is 0 Å². The van der Waals surface area contributed by atoms with Gasteiger partial charge in [0.05, 0.1) is 0 Å². The van der Waals surface area contributed by atoms with Crippen LogP contribution in [0.25, 0.3) is 0 Å². The summed E-state index contributed by atoms with van der Waals surface area (Å²) < 4.78 is 0. The van der Waals surface area contributed by atoms with E-state index in [1.165, 1.54) is 6.42 Å². The Balaban J connectivity index is 2.34. The van der Waals surface area contributed by atoms with Gasteiger partial charge in [0.1, 0.15) is 5.78 Å². The maximum Gasteiger partial charge on any atom is 0.303 e. The SMILES string of the molecule is CCCC(C)CC1(C)C(CC(=O)O)CCC2C(=O)C(C(C)C)C=CC21. The van der Waals surface area contributed by atoms with Crippen molar-refractivity contribution in [1.29, 1.82) is 0 Å². The van der Waals surface area contributed by atoms with Gasteiger partial charge in [0.15, 0.2) is 0 Å². The molecule has 0 radical (unpaired) electrons. The molecule has 1 fully saturated rings. The van der Waals surface area contributed by atoms with Gasteiger partial charge < -0.3 is 5.11 Å². The molecule has 6 unspecified atom stereocenters. The van der Waals surface area contributed by atoms with E-state index < -0.39 is 5.97 Å². The lowest BCUT2D eigenvalue weighted by molar-refractivity contribution is -0.143. The number of fused-ring (bicyclic) bond motifs is 1. The van der Waals surface area contributed by atoms with Crippen molar-refractivity contribution in [2.75, 3.05) is 0 Å². The second-order valence-corrected chi connectivity index (χ2v) is 9.17. The number of rotatable bonds is 7. The summed E-state index contributed by atoms with van der Waals surface area (Å²) in [4.78, 5) is 24.5. The zero-order valence-corrected chi connectivity index (χ0v) is 16.6. The quantitative estimate of drug-likeness (QED) is 0.631. The van der Waals surface area contributed by atoms with Crippen LogP contribution in [0.5, 0.6) is 0 Å². The van der Waals surface area contributed by atoms with Gasteiger partial charge in [-0.15, -0.1) is 0 Å². The summed E-state index contributed by atoms with van der Waals surface area (Å²) >= 11 is 0. The minimum Gasteiger partial charge on any atom is -0.481 e. The first-order chi connectivity index (χ1) is 11.7. The van der Waals surface area contributed by atoms with Gasteiger partial charge in [-0.05, 0) is 48.3 Å². The largest absolute Gasteiger partial charge is 0.481 e. The zero-order valence-electron chi connectivity index (χ0n) is 16.6. The maximum absolute atomic E-state index is 13.1. The highest BCUT2D eigenvalue weighted by molar-refractivity contribution is 5.87. The summed E-state index contributed by atoms with van der Waals surface area (Å²) in [6.07, 6.45) is 9.69. The molecule has 0 aliphatic heterocycles. The molecule has 2 aliphatic rings. The lowest BCUT2D eigenvalue weighted by Crippen LogP contribution is -2.49. The third kappa shape index (κ3) is 4.17. The first-order valence-electron chi connectivity index (χ1n) is 10.1. The molecule has 0 aromatic rings. The van der Waals surface area contributed by atoms with Crippen LogP contribution in [0.3, 0.4) is 0 Å². The molecule has 0 heterocycles. The van der Waals surface area contributed by atoms with Crippen molar-refractivity contribution in [3.63, 3.8) is 0 Å². The Labute approximate surface area is 153 Å². The van der Waals surface area contributed by atoms with Crippen molar-refractivity contribution in [2.24, 2.45) is 40.9 Å². The van der Waals surface area contributed by atoms with Gasteiger partial charge in [0, 0.05) is 18.3 Å². The number of carbonyl (C=O) groups excluding carboxylic acids is 1. The van der Waals surface area contributed by atoms with Crippen LogP contribution in [0.4, 0.5) is 0 Å². The van der Waals surface area contributed by atoms with Gasteiger partial charge >= 0.3 is 5.97 Å². The second kappa shape index (κ2) is 8.05. The lowest BCUT2D eigenvalue weighted by atomic mass is 9.51. The van der Waals surface area contributed by atoms with Gasteiger partial charge in [0.25, 0.3) is 0 Å². The average Bonchev–Trinajstić information content (AvgIpc) is 2.50. The minimum absolute atomic E-state index is 0.0367. The Morgan fingerprint density at radius 2 is 1.96 bits per heavy atom. The molecular formula is C22H36O3. The van der Waals surface area contributed by atoms with Gasteiger partial charge in [-0.2, -0.15) is 0 Å². The number of carboxylic acid groups (broad SMARTS) is 1. The summed E-state index contributed by atoms with van der Waals surface area (Å²) in [5, 5.41) is 9.41. The standard InChI is InChI=1S/C22H36O3/c1-6-7-15(4)13-22(5)16(12-20(23)24)8-9-18-19(22)11-10-17(14(2)3)21(18)25/h10-11,14-19H,6-9,12-13H2,1-5H3,(H,23,24). The third-order valence-corrected chi connectivity index (χ3v) is 6.88. The minimum atomic E-state index is -0.705. The van der Waals surface area contributed by atoms with Crippen LogP contribution in [-0.2, 0) is 9.59 Å². The molecule has 0 aromatic heterocycles. The van der Waals surface area contributed by atoms with Crippen molar-refractivity contribution in [2.45, 2.75) is 73.1 Å². The fraction of sp³-hybridized carbons (Fsp3) is 0.818. The molecular weight excluding hydrogens is 312 g/mol. The molecule has 0 amide bonds. The van der Waals surface area contributed by atoms with Crippen molar-refractivity contribution in [3.8, 4) is 0 Å². The summed E-state index contributed by atoms with van der Waals surface area (Å²) in [5.41, 5.74) is -0.0933. The molecule has 25 heavy (non-hydrogen) atoms. The van der Waals surface area contributed by atoms with E-state index in [0.717, 1.165) is 25.7 Å². The second-order valence-electron chi connectivity index (χ2n) is 9.17. The zero-order chi connectivity index (χ0) is 18.8. The number of ketones is 1. The summed E-state index contributed by atoms with van der Waals surface area (Å²) in [6.45, 7) is 11.0. The molecule has 1 saturated carbocycles. The molecule has 0 spiro atoms. The predicted octanol–water partition coefficient (Wildman–Crippen LogP) is 5.35. The van der Waals surface area contributed by atoms with E-state index in [0.29, 0.717) is 17.6 Å². The molecule has 3 heteroatoms. The molecule has 1 N–H and O–H groups in total. The number of Topliss-reactive ketones (excluding diaryl/α,β-unsaturated/α-hetero) is 1. The van der Waals surface area contributed by atoms with E-state index in [2.05, 4.69) is 46.8 Å². The Morgan fingerprint density at radius 3 is 2.52 bits per heavy atom. The van der Waals surface area contributed by atoms with Crippen molar-refractivity contribution >= 4 is 11.8 Å². The van der Waals surface area contributed by atoms with Crippen LogP contribution in [0.2, 0.25) is 0 Å². The van der Waals surface area contributed by atoms with E-state index in [9.17, 15) is 14.7 Å². The molecule has 2 aliphatic carbocycles. The van der Waals surface area contributed by atoms with E-state index in [-0.39, 0.29) is 35.5 Å². The van der Waals surface area contributed by atoms with Crippen molar-refractivity contribution < 1.29 is 14.7 Å². The summed E-state index contributed by atoms with van der Waals surface area (Å²) in [7, 11) is 0. The number of aliphatic carboxylic acids is 1. The summed E-state index contributed by atoms with van der Waals surface area (Å²) in [6, 6.07) is 0. The molecule has 0 aromatic carbocycles. The molecule has 142 valence electrons. The number of carbonyl (C=O) groups is 2. The normalized spacial score (nSPS) is 36.3. The highest BCUT2D eigenvalue weighted by Crippen LogP contribution is 2.56.